The molecule has 0 amide bonds. The monoisotopic (exact) mass is 506 g/mol. The fourth-order valence-electron chi connectivity index (χ4n) is 1.98. The van der Waals surface area contributed by atoms with Crippen LogP contribution in [0, 0.1) is 0 Å². The van der Waals surface area contributed by atoms with Gasteiger partial charge in [-0.05, 0) is 0 Å². The first kappa shape index (κ1) is 42.3. The van der Waals surface area contributed by atoms with Crippen molar-refractivity contribution in [3.05, 3.63) is 0 Å². The van der Waals surface area contributed by atoms with Crippen molar-refractivity contribution < 1.29 is 198 Å². The van der Waals surface area contributed by atoms with E-state index in [0.717, 1.165) is 0 Å². The van der Waals surface area contributed by atoms with Crippen LogP contribution >= 0.6 is 0 Å². The van der Waals surface area contributed by atoms with Gasteiger partial charge in [0.25, 0.3) is 0 Å². The van der Waals surface area contributed by atoms with Crippen molar-refractivity contribution in [2.24, 2.45) is 0 Å². The maximum atomic E-state index is 11.9. The van der Waals surface area contributed by atoms with E-state index in [1.54, 1.807) is 0 Å². The molecule has 32 heavy (non-hydrogen) atoms. The first-order chi connectivity index (χ1) is 12.7. The molecule has 0 aromatic carbocycles. The van der Waals surface area contributed by atoms with Gasteiger partial charge in [-0.25, -0.2) is 14.4 Å². The van der Waals surface area contributed by atoms with Crippen LogP contribution in [0.5, 0.6) is 0 Å². The topological polar surface area (TPSA) is 259 Å². The summed E-state index contributed by atoms with van der Waals surface area (Å²) in [6.45, 7) is 0. The van der Waals surface area contributed by atoms with E-state index in [9.17, 15) is 33.6 Å². The SMILES string of the molecule is O=C(O)CC(CC(=O)O)(OC(=O)OC(CC(=O)O)(CC(=O)O)C(=O)O)C(=O)O.[H-].[H-].[H-].[H-].[Na+].[Na+].[Na+].[Na+]. The van der Waals surface area contributed by atoms with Gasteiger partial charge in [0.2, 0.25) is 11.2 Å². The first-order valence-corrected chi connectivity index (χ1v) is 6.92. The van der Waals surface area contributed by atoms with Gasteiger partial charge in [-0.3, -0.25) is 19.2 Å². The van der Waals surface area contributed by atoms with Crippen LogP contribution in [-0.4, -0.2) is 83.8 Å². The fourth-order valence-corrected chi connectivity index (χ4v) is 1.98. The van der Waals surface area contributed by atoms with Crippen molar-refractivity contribution in [3.63, 3.8) is 0 Å². The van der Waals surface area contributed by atoms with E-state index in [-0.39, 0.29) is 124 Å². The van der Waals surface area contributed by atoms with E-state index in [4.69, 9.17) is 30.6 Å². The van der Waals surface area contributed by atoms with Crippen molar-refractivity contribution in [2.75, 3.05) is 0 Å². The zero-order valence-electron chi connectivity index (χ0n) is 21.7. The normalized spacial score (nSPS) is 9.75. The molecular weight excluding hydrogens is 488 g/mol. The van der Waals surface area contributed by atoms with Gasteiger partial charge in [0, 0.05) is 0 Å². The van der Waals surface area contributed by atoms with Crippen LogP contribution in [0.2, 0.25) is 0 Å². The number of carbonyl (C=O) groups is 7. The summed E-state index contributed by atoms with van der Waals surface area (Å²) in [4.78, 5) is 77.8. The standard InChI is InChI=1S/C13H14O15.4Na.4H/c14-5(15)1-12(9(22)23,2-6(16)17)27-11(26)28-13(10(24)25,3-7(18)19)4-8(20)21;;;;;;;;/h1-4H2,(H,14,15)(H,16,17)(H,18,19)(H,20,21)(H,22,23)(H,24,25);;;;;;;;/q;4*+1;4*-1. The first-order valence-electron chi connectivity index (χ1n) is 6.92. The Labute approximate surface area is 273 Å². The maximum Gasteiger partial charge on any atom is 1.00 e. The van der Waals surface area contributed by atoms with Crippen molar-refractivity contribution >= 4 is 42.0 Å². The molecule has 0 radical (unpaired) electrons. The summed E-state index contributed by atoms with van der Waals surface area (Å²) in [6, 6.07) is 0. The number of rotatable bonds is 12. The van der Waals surface area contributed by atoms with Gasteiger partial charge in [-0.2, -0.15) is 0 Å². The molecule has 0 fully saturated rings. The Hall–Kier alpha value is 0.0900. The average Bonchev–Trinajstić information content (AvgIpc) is 2.42. The number of hydrogen-bond donors (Lipinski definition) is 6. The van der Waals surface area contributed by atoms with E-state index >= 15 is 0 Å². The Kier molecular flexibility index (Phi) is 24.3. The minimum Gasteiger partial charge on any atom is -1.00 e. The second-order valence-corrected chi connectivity index (χ2v) is 5.34. The number of ether oxygens (including phenoxy) is 2. The van der Waals surface area contributed by atoms with Gasteiger partial charge in [-0.1, -0.05) is 0 Å². The summed E-state index contributed by atoms with van der Waals surface area (Å²) < 4.78 is 8.44. The van der Waals surface area contributed by atoms with Crippen LogP contribution in [0.4, 0.5) is 4.79 Å². The Morgan fingerprint density at radius 1 is 0.500 bits per heavy atom. The summed E-state index contributed by atoms with van der Waals surface area (Å²) in [5.41, 5.74) is -6.49. The molecule has 0 aliphatic carbocycles. The molecule has 0 aliphatic rings. The summed E-state index contributed by atoms with van der Waals surface area (Å²) in [5.74, 6) is -12.2. The molecule has 0 atom stereocenters. The van der Waals surface area contributed by atoms with Crippen molar-refractivity contribution in [1.29, 1.82) is 0 Å². The molecule has 0 bridgehead atoms. The Morgan fingerprint density at radius 2 is 0.688 bits per heavy atom. The van der Waals surface area contributed by atoms with Gasteiger partial charge in [0.15, 0.2) is 0 Å². The Balaban J connectivity index is -0.000000130. The van der Waals surface area contributed by atoms with E-state index in [0.29, 0.717) is 0 Å². The van der Waals surface area contributed by atoms with Gasteiger partial charge >= 0.3 is 160 Å². The predicted octanol–water partition coefficient (Wildman–Crippen LogP) is -12.8. The van der Waals surface area contributed by atoms with Gasteiger partial charge in [-0.15, -0.1) is 0 Å². The molecule has 0 heterocycles. The smallest absolute Gasteiger partial charge is 1.00 e. The predicted molar refractivity (Wildman–Crippen MR) is 81.8 cm³/mol. The van der Waals surface area contributed by atoms with E-state index in [2.05, 4.69) is 9.47 Å². The van der Waals surface area contributed by atoms with Gasteiger partial charge < -0.3 is 45.8 Å². The molecule has 0 saturated carbocycles. The van der Waals surface area contributed by atoms with Crippen LogP contribution in [0.3, 0.4) is 0 Å². The molecule has 0 saturated heterocycles. The van der Waals surface area contributed by atoms with Crippen molar-refractivity contribution in [1.82, 2.24) is 0 Å². The van der Waals surface area contributed by atoms with Crippen LogP contribution in [-0.2, 0) is 38.2 Å². The third kappa shape index (κ3) is 14.4. The van der Waals surface area contributed by atoms with Crippen molar-refractivity contribution in [3.8, 4) is 0 Å². The molecule has 0 rings (SSSR count). The Morgan fingerprint density at radius 3 is 0.812 bits per heavy atom. The zero-order valence-corrected chi connectivity index (χ0v) is 25.7. The average molecular weight is 506 g/mol. The third-order valence-electron chi connectivity index (χ3n) is 3.08. The van der Waals surface area contributed by atoms with E-state index < -0.39 is 78.9 Å². The van der Waals surface area contributed by atoms with Crippen molar-refractivity contribution in [2.45, 2.75) is 36.9 Å². The number of aliphatic carboxylic acids is 6. The van der Waals surface area contributed by atoms with Crippen LogP contribution in [0.1, 0.15) is 31.4 Å². The molecule has 0 unspecified atom stereocenters. The second kappa shape index (κ2) is 18.4. The molecule has 0 aliphatic heterocycles. The van der Waals surface area contributed by atoms with E-state index in [1.807, 2.05) is 0 Å². The number of carboxylic acid groups (broad SMARTS) is 6. The molecule has 0 spiro atoms. The maximum absolute atomic E-state index is 11.9. The molecule has 15 nitrogen and oxygen atoms in total. The van der Waals surface area contributed by atoms with Crippen LogP contribution in [0.25, 0.3) is 0 Å². The van der Waals surface area contributed by atoms with Crippen LogP contribution in [0.15, 0.2) is 0 Å². The third-order valence-corrected chi connectivity index (χ3v) is 3.08. The largest absolute Gasteiger partial charge is 1.00 e. The summed E-state index contributed by atoms with van der Waals surface area (Å²) in [7, 11) is 0. The van der Waals surface area contributed by atoms with Gasteiger partial charge in [0.05, 0.1) is 25.7 Å². The summed E-state index contributed by atoms with van der Waals surface area (Å²) in [5, 5.41) is 53.2. The summed E-state index contributed by atoms with van der Waals surface area (Å²) >= 11 is 0. The zero-order chi connectivity index (χ0) is 22.3. The number of hydrogen-bond acceptors (Lipinski definition) is 9. The molecule has 0 aromatic rings. The second-order valence-electron chi connectivity index (χ2n) is 5.34. The van der Waals surface area contributed by atoms with E-state index in [1.165, 1.54) is 0 Å². The minimum atomic E-state index is -3.24. The van der Waals surface area contributed by atoms with Gasteiger partial charge in [0.1, 0.15) is 0 Å². The van der Waals surface area contributed by atoms with Crippen LogP contribution < -0.4 is 118 Å². The molecule has 0 aromatic heterocycles. The molecule has 164 valence electrons. The molecular formula is C13H18Na4O15. The fraction of sp³-hybridized carbons (Fsp3) is 0.462. The quantitative estimate of drug-likeness (QED) is 0.106. The number of carbonyl (C=O) groups excluding carboxylic acids is 1. The Bertz CT molecular complexity index is 650. The molecule has 19 heteroatoms. The number of carboxylic acids is 6. The summed E-state index contributed by atoms with van der Waals surface area (Å²) in [6.07, 6.45) is -8.62. The molecule has 6 N–H and O–H groups in total. The minimum absolute atomic E-state index is 0.